The van der Waals surface area contributed by atoms with Gasteiger partial charge in [-0.25, -0.2) is 14.7 Å². The average Bonchev–Trinajstić information content (AvgIpc) is 3.10. The van der Waals surface area contributed by atoms with Crippen LogP contribution in [0.25, 0.3) is 0 Å². The Morgan fingerprint density at radius 2 is 2.13 bits per heavy atom. The highest BCUT2D eigenvalue weighted by Crippen LogP contribution is 2.17. The lowest BCUT2D eigenvalue weighted by atomic mass is 10.1. The summed E-state index contributed by atoms with van der Waals surface area (Å²) in [6, 6.07) is 8.40. The topological polar surface area (TPSA) is 76.4 Å². The maximum Gasteiger partial charge on any atom is 0.191 e. The molecule has 2 aromatic rings. The van der Waals surface area contributed by atoms with Gasteiger partial charge in [0.25, 0.3) is 0 Å². The highest BCUT2D eigenvalue weighted by molar-refractivity contribution is 14.0. The summed E-state index contributed by atoms with van der Waals surface area (Å²) in [5.41, 5.74) is 1.19. The maximum atomic E-state index is 6.00. The van der Waals surface area contributed by atoms with E-state index in [1.807, 2.05) is 29.8 Å². The minimum atomic E-state index is -0.00544. The minimum Gasteiger partial charge on any atom is -0.489 e. The van der Waals surface area contributed by atoms with Crippen molar-refractivity contribution in [3.63, 3.8) is 0 Å². The Balaban J connectivity index is 0.00000320. The molecule has 2 atom stereocenters. The molecule has 7 nitrogen and oxygen atoms in total. The molecule has 2 N–H and O–H groups in total. The van der Waals surface area contributed by atoms with E-state index in [1.54, 1.807) is 0 Å². The molecule has 0 bridgehead atoms. The molecular weight excluding hydrogens is 491 g/mol. The first kappa shape index (κ1) is 24.4. The molecule has 0 amide bonds. The molecule has 30 heavy (non-hydrogen) atoms. The van der Waals surface area contributed by atoms with Gasteiger partial charge in [-0.05, 0) is 44.9 Å². The second kappa shape index (κ2) is 11.5. The molecule has 0 aliphatic carbocycles. The van der Waals surface area contributed by atoms with Crippen LogP contribution in [-0.2, 0) is 13.0 Å². The molecule has 2 heterocycles. The fourth-order valence-corrected chi connectivity index (χ4v) is 3.38. The van der Waals surface area contributed by atoms with Crippen molar-refractivity contribution in [2.45, 2.75) is 72.1 Å². The van der Waals surface area contributed by atoms with Gasteiger partial charge in [0.1, 0.15) is 17.7 Å². The highest BCUT2D eigenvalue weighted by Gasteiger charge is 2.23. The van der Waals surface area contributed by atoms with Crippen molar-refractivity contribution in [2.75, 3.05) is 13.1 Å². The van der Waals surface area contributed by atoms with Crippen LogP contribution >= 0.6 is 24.0 Å². The van der Waals surface area contributed by atoms with Crippen molar-refractivity contribution in [2.24, 2.45) is 4.99 Å². The van der Waals surface area contributed by atoms with Crippen molar-refractivity contribution in [1.82, 2.24) is 25.4 Å². The number of aryl methyl sites for hydroxylation is 2. The number of hydrogen-bond donors (Lipinski definition) is 2. The van der Waals surface area contributed by atoms with Gasteiger partial charge < -0.3 is 15.4 Å². The molecular formula is C22H35IN6O. The highest BCUT2D eigenvalue weighted by atomic mass is 127. The Morgan fingerprint density at radius 1 is 1.33 bits per heavy atom. The minimum absolute atomic E-state index is 0. The molecule has 2 unspecified atom stereocenters. The molecule has 0 spiro atoms. The van der Waals surface area contributed by atoms with Crippen molar-refractivity contribution in [3.05, 3.63) is 41.5 Å². The van der Waals surface area contributed by atoms with Crippen LogP contribution in [0.4, 0.5) is 0 Å². The monoisotopic (exact) mass is 526 g/mol. The van der Waals surface area contributed by atoms with Gasteiger partial charge in [0.15, 0.2) is 11.8 Å². The van der Waals surface area contributed by atoms with Crippen molar-refractivity contribution in [3.8, 4) is 5.75 Å². The number of benzene rings is 1. The molecule has 8 heteroatoms. The number of aliphatic imine (C=N–C) groups is 1. The number of ether oxygens (including phenoxy) is 1. The molecule has 1 aromatic carbocycles. The van der Waals surface area contributed by atoms with Gasteiger partial charge in [-0.3, -0.25) is 0 Å². The summed E-state index contributed by atoms with van der Waals surface area (Å²) < 4.78 is 8.05. The van der Waals surface area contributed by atoms with Gasteiger partial charge >= 0.3 is 0 Å². The van der Waals surface area contributed by atoms with Gasteiger partial charge in [-0.2, -0.15) is 5.10 Å². The van der Waals surface area contributed by atoms with Gasteiger partial charge in [-0.15, -0.1) is 24.0 Å². The van der Waals surface area contributed by atoms with Crippen LogP contribution in [0, 0.1) is 6.92 Å². The fraction of sp³-hybridized carbons (Fsp3) is 0.591. The van der Waals surface area contributed by atoms with Gasteiger partial charge in [0.05, 0.1) is 13.1 Å². The molecule has 1 aromatic heterocycles. The third-order valence-corrected chi connectivity index (χ3v) is 4.91. The summed E-state index contributed by atoms with van der Waals surface area (Å²) in [4.78, 5) is 9.41. The third kappa shape index (κ3) is 6.85. The molecule has 3 rings (SSSR count). The van der Waals surface area contributed by atoms with Crippen LogP contribution in [-0.4, -0.2) is 46.0 Å². The summed E-state index contributed by atoms with van der Waals surface area (Å²) in [7, 11) is 0. The molecule has 166 valence electrons. The third-order valence-electron chi connectivity index (χ3n) is 4.91. The number of aromatic nitrogens is 3. The predicted molar refractivity (Wildman–Crippen MR) is 132 cm³/mol. The second-order valence-electron chi connectivity index (χ2n) is 8.07. The van der Waals surface area contributed by atoms with E-state index in [1.165, 1.54) is 5.56 Å². The number of hydrogen-bond acceptors (Lipinski definition) is 4. The first-order valence-electron chi connectivity index (χ1n) is 10.7. The zero-order valence-corrected chi connectivity index (χ0v) is 21.0. The predicted octanol–water partition coefficient (Wildman–Crippen LogP) is 3.67. The zero-order chi connectivity index (χ0) is 20.8. The Morgan fingerprint density at radius 3 is 2.83 bits per heavy atom. The second-order valence-corrected chi connectivity index (χ2v) is 8.07. The summed E-state index contributed by atoms with van der Waals surface area (Å²) >= 11 is 0. The number of halogens is 1. The van der Waals surface area contributed by atoms with Crippen LogP contribution in [0.1, 0.15) is 57.2 Å². The molecule has 0 radical (unpaired) electrons. The lowest BCUT2D eigenvalue weighted by Gasteiger charge is -2.25. The number of nitrogens with zero attached hydrogens (tertiary/aromatic N) is 4. The summed E-state index contributed by atoms with van der Waals surface area (Å²) in [6.45, 7) is 12.7. The van der Waals surface area contributed by atoms with Crippen molar-refractivity contribution < 1.29 is 4.74 Å². The largest absolute Gasteiger partial charge is 0.489 e. The van der Waals surface area contributed by atoms with Crippen molar-refractivity contribution >= 4 is 29.9 Å². The quantitative estimate of drug-likeness (QED) is 0.327. The zero-order valence-electron chi connectivity index (χ0n) is 18.7. The van der Waals surface area contributed by atoms with Crippen LogP contribution in [0.3, 0.4) is 0 Å². The Bertz CT molecular complexity index is 835. The SMILES string of the molecule is CCNC(=NCC(C)Oc1cccc(C)c1)NC1CCc2nc(C(C)C)nn2C1.I. The van der Waals surface area contributed by atoms with Crippen molar-refractivity contribution in [1.29, 1.82) is 0 Å². The Labute approximate surface area is 197 Å². The number of nitrogens with one attached hydrogen (secondary N) is 2. The van der Waals surface area contributed by atoms with Crippen LogP contribution < -0.4 is 15.4 Å². The molecule has 1 aliphatic heterocycles. The summed E-state index contributed by atoms with van der Waals surface area (Å²) in [5, 5.41) is 11.6. The Kier molecular flexibility index (Phi) is 9.38. The van der Waals surface area contributed by atoms with Crippen LogP contribution in [0.2, 0.25) is 0 Å². The lowest BCUT2D eigenvalue weighted by molar-refractivity contribution is 0.230. The Hall–Kier alpha value is -1.84. The fourth-order valence-electron chi connectivity index (χ4n) is 3.38. The van der Waals surface area contributed by atoms with E-state index in [-0.39, 0.29) is 36.1 Å². The van der Waals surface area contributed by atoms with Gasteiger partial charge in [-0.1, -0.05) is 26.0 Å². The molecule has 0 saturated heterocycles. The standard InChI is InChI=1S/C22H34N6O.HI/c1-6-23-22(24-13-17(5)29-19-9-7-8-16(4)12-19)25-18-10-11-20-26-21(15(2)3)27-28(20)14-18;/h7-9,12,15,17-18H,6,10-11,13-14H2,1-5H3,(H2,23,24,25);1H. The van der Waals surface area contributed by atoms with Crippen LogP contribution in [0.15, 0.2) is 29.3 Å². The van der Waals surface area contributed by atoms with E-state index in [0.29, 0.717) is 12.5 Å². The van der Waals surface area contributed by atoms with Gasteiger partial charge in [0, 0.05) is 24.9 Å². The normalized spacial score (nSPS) is 17.1. The first-order valence-corrected chi connectivity index (χ1v) is 10.7. The summed E-state index contributed by atoms with van der Waals surface area (Å²) in [5.74, 6) is 4.09. The van der Waals surface area contributed by atoms with Crippen LogP contribution in [0.5, 0.6) is 5.75 Å². The molecule has 0 fully saturated rings. The van der Waals surface area contributed by atoms with E-state index >= 15 is 0 Å². The average molecular weight is 526 g/mol. The molecule has 1 aliphatic rings. The van der Waals surface area contributed by atoms with E-state index in [2.05, 4.69) is 54.5 Å². The van der Waals surface area contributed by atoms with E-state index in [0.717, 1.165) is 49.3 Å². The van der Waals surface area contributed by atoms with E-state index in [4.69, 9.17) is 9.73 Å². The number of guanidine groups is 1. The van der Waals surface area contributed by atoms with E-state index in [9.17, 15) is 0 Å². The smallest absolute Gasteiger partial charge is 0.191 e. The first-order chi connectivity index (χ1) is 13.9. The number of rotatable bonds is 7. The lowest BCUT2D eigenvalue weighted by Crippen LogP contribution is -2.47. The van der Waals surface area contributed by atoms with Gasteiger partial charge in [0.2, 0.25) is 0 Å². The maximum absolute atomic E-state index is 6.00. The van der Waals surface area contributed by atoms with E-state index < -0.39 is 0 Å². The summed E-state index contributed by atoms with van der Waals surface area (Å²) in [6.07, 6.45) is 1.95. The molecule has 0 saturated carbocycles. The number of fused-ring (bicyclic) bond motifs is 1.